The Morgan fingerprint density at radius 2 is 2.03 bits per heavy atom. The number of benzene rings is 1. The summed E-state index contributed by atoms with van der Waals surface area (Å²) in [4.78, 5) is 40.2. The zero-order valence-electron chi connectivity index (χ0n) is 18.4. The van der Waals surface area contributed by atoms with Gasteiger partial charge in [0.15, 0.2) is 5.15 Å². The molecule has 2 atom stereocenters. The predicted octanol–water partition coefficient (Wildman–Crippen LogP) is 2.26. The Kier molecular flexibility index (Phi) is 7.17. The van der Waals surface area contributed by atoms with E-state index in [-0.39, 0.29) is 54.4 Å². The molecule has 2 aromatic rings. The van der Waals surface area contributed by atoms with Crippen molar-refractivity contribution in [1.82, 2.24) is 20.7 Å². The van der Waals surface area contributed by atoms with Gasteiger partial charge in [-0.1, -0.05) is 22.8 Å². The van der Waals surface area contributed by atoms with Gasteiger partial charge in [0.05, 0.1) is 6.54 Å². The second-order valence-corrected chi connectivity index (χ2v) is 8.78. The zero-order chi connectivity index (χ0) is 23.4. The molecule has 2 N–H and O–H groups in total. The monoisotopic (exact) mass is 474 g/mol. The minimum Gasteiger partial charge on any atom is -0.491 e. The molecule has 9 nitrogen and oxygen atoms in total. The molecule has 2 aliphatic heterocycles. The summed E-state index contributed by atoms with van der Waals surface area (Å²) in [6.45, 7) is 2.83. The van der Waals surface area contributed by atoms with Gasteiger partial charge < -0.3 is 24.8 Å². The molecule has 0 aliphatic carbocycles. The average molecular weight is 475 g/mol. The quantitative estimate of drug-likeness (QED) is 0.705. The third-order valence-electron chi connectivity index (χ3n) is 6.07. The molecule has 0 spiro atoms. The first kappa shape index (κ1) is 23.1. The van der Waals surface area contributed by atoms with Gasteiger partial charge in [-0.2, -0.15) is 0 Å². The first-order valence-corrected chi connectivity index (χ1v) is 11.5. The Balaban J connectivity index is 1.51. The van der Waals surface area contributed by atoms with Crippen molar-refractivity contribution in [1.29, 1.82) is 0 Å². The molecule has 1 saturated heterocycles. The van der Waals surface area contributed by atoms with E-state index in [2.05, 4.69) is 15.8 Å². The van der Waals surface area contributed by atoms with Crippen LogP contribution in [-0.2, 0) is 16.0 Å². The summed E-state index contributed by atoms with van der Waals surface area (Å²) in [5.41, 5.74) is 1.40. The molecule has 1 aromatic carbocycles. The van der Waals surface area contributed by atoms with E-state index in [1.807, 2.05) is 13.0 Å². The van der Waals surface area contributed by atoms with Crippen molar-refractivity contribution >= 4 is 29.3 Å². The highest BCUT2D eigenvalue weighted by Gasteiger charge is 2.37. The van der Waals surface area contributed by atoms with Crippen LogP contribution >= 0.6 is 11.6 Å². The van der Waals surface area contributed by atoms with Crippen molar-refractivity contribution in [3.63, 3.8) is 0 Å². The van der Waals surface area contributed by atoms with Crippen LogP contribution in [0.25, 0.3) is 0 Å². The standard InChI is InChI=1S/C23H27ClN4O5/c1-14-2-3-15-10-19(14)32-9-8-25-21(29)11-16-4-5-17(13-26-23(15)31)28(16)22(30)7-6-18-12-20(24)27-33-18/h2-3,10,12,16-17H,4-9,11,13H2,1H3,(H,25,29)(H,26,31)/t16-,17+/m0/s1. The number of nitrogens with zero attached hydrogens (tertiary/aromatic N) is 2. The minimum atomic E-state index is -0.230. The van der Waals surface area contributed by atoms with Crippen molar-refractivity contribution in [3.8, 4) is 5.75 Å². The highest BCUT2D eigenvalue weighted by atomic mass is 35.5. The molecular weight excluding hydrogens is 448 g/mol. The Hall–Kier alpha value is -3.07. The maximum absolute atomic E-state index is 13.2. The molecule has 3 amide bonds. The molecular formula is C23H27ClN4O5. The first-order valence-electron chi connectivity index (χ1n) is 11.1. The smallest absolute Gasteiger partial charge is 0.251 e. The number of fused-ring (bicyclic) bond motifs is 4. The summed E-state index contributed by atoms with van der Waals surface area (Å²) >= 11 is 5.79. The number of aromatic nitrogens is 1. The van der Waals surface area contributed by atoms with Crippen molar-refractivity contribution in [2.75, 3.05) is 19.7 Å². The topological polar surface area (TPSA) is 114 Å². The number of halogens is 1. The van der Waals surface area contributed by atoms with Crippen LogP contribution in [0.5, 0.6) is 5.75 Å². The van der Waals surface area contributed by atoms with Gasteiger partial charge in [-0.3, -0.25) is 14.4 Å². The zero-order valence-corrected chi connectivity index (χ0v) is 19.2. The Bertz CT molecular complexity index is 1040. The molecule has 4 rings (SSSR count). The first-order chi connectivity index (χ1) is 15.9. The summed E-state index contributed by atoms with van der Waals surface area (Å²) in [5, 5.41) is 9.69. The fourth-order valence-electron chi connectivity index (χ4n) is 4.38. The average Bonchev–Trinajstić information content (AvgIpc) is 3.39. The van der Waals surface area contributed by atoms with E-state index < -0.39 is 0 Å². The molecule has 0 unspecified atom stereocenters. The van der Waals surface area contributed by atoms with E-state index in [9.17, 15) is 14.4 Å². The summed E-state index contributed by atoms with van der Waals surface area (Å²) in [5.74, 6) is 0.685. The number of aryl methyl sites for hydroxylation is 2. The van der Waals surface area contributed by atoms with Crippen LogP contribution in [0.4, 0.5) is 0 Å². The van der Waals surface area contributed by atoms with Crippen molar-refractivity contribution < 1.29 is 23.6 Å². The van der Waals surface area contributed by atoms with Crippen molar-refractivity contribution in [2.24, 2.45) is 0 Å². The number of nitrogens with one attached hydrogen (secondary N) is 2. The SMILES string of the molecule is Cc1ccc2cc1OCCNC(=O)C[C@@H]1CC[C@H](CNC2=O)N1C(=O)CCc1cc(Cl)no1. The molecule has 2 aliphatic rings. The lowest BCUT2D eigenvalue weighted by atomic mass is 10.1. The Labute approximate surface area is 196 Å². The number of ether oxygens (including phenoxy) is 1. The summed E-state index contributed by atoms with van der Waals surface area (Å²) in [6.07, 6.45) is 2.16. The lowest BCUT2D eigenvalue weighted by Gasteiger charge is -2.30. The van der Waals surface area contributed by atoms with E-state index in [4.69, 9.17) is 20.9 Å². The van der Waals surface area contributed by atoms with Crippen molar-refractivity contribution in [3.05, 3.63) is 46.3 Å². The van der Waals surface area contributed by atoms with Gasteiger partial charge in [0.25, 0.3) is 5.91 Å². The second-order valence-electron chi connectivity index (χ2n) is 8.39. The molecule has 0 radical (unpaired) electrons. The van der Waals surface area contributed by atoms with Gasteiger partial charge in [-0.05, 0) is 37.5 Å². The maximum Gasteiger partial charge on any atom is 0.251 e. The van der Waals surface area contributed by atoms with Gasteiger partial charge in [-0.15, -0.1) is 0 Å². The van der Waals surface area contributed by atoms with E-state index >= 15 is 0 Å². The lowest BCUT2D eigenvalue weighted by Crippen LogP contribution is -2.48. The molecule has 3 heterocycles. The van der Waals surface area contributed by atoms with E-state index in [0.717, 1.165) is 5.56 Å². The van der Waals surface area contributed by atoms with Crippen LogP contribution in [0.15, 0.2) is 28.8 Å². The molecule has 1 fully saturated rings. The van der Waals surface area contributed by atoms with Gasteiger partial charge in [0.2, 0.25) is 11.8 Å². The number of rotatable bonds is 3. The van der Waals surface area contributed by atoms with Gasteiger partial charge >= 0.3 is 0 Å². The van der Waals surface area contributed by atoms with Crippen LogP contribution in [-0.4, -0.2) is 59.6 Å². The van der Waals surface area contributed by atoms with Crippen molar-refractivity contribution in [2.45, 2.75) is 51.1 Å². The normalized spacial score (nSPS) is 21.5. The third-order valence-corrected chi connectivity index (χ3v) is 6.25. The third kappa shape index (κ3) is 5.65. The van der Waals surface area contributed by atoms with Crippen LogP contribution < -0.4 is 15.4 Å². The number of hydrogen-bond donors (Lipinski definition) is 2. The summed E-state index contributed by atoms with van der Waals surface area (Å²) in [6, 6.07) is 6.45. The van der Waals surface area contributed by atoms with Crippen LogP contribution in [0.2, 0.25) is 5.15 Å². The molecule has 4 bridgehead atoms. The summed E-state index contributed by atoms with van der Waals surface area (Å²) < 4.78 is 10.9. The van der Waals surface area contributed by atoms with Gasteiger partial charge in [-0.25, -0.2) is 0 Å². The number of carbonyl (C=O) groups excluding carboxylic acids is 3. The lowest BCUT2D eigenvalue weighted by molar-refractivity contribution is -0.135. The van der Waals surface area contributed by atoms with Gasteiger partial charge in [0.1, 0.15) is 18.1 Å². The largest absolute Gasteiger partial charge is 0.491 e. The predicted molar refractivity (Wildman–Crippen MR) is 120 cm³/mol. The molecule has 33 heavy (non-hydrogen) atoms. The Morgan fingerprint density at radius 1 is 1.21 bits per heavy atom. The number of hydrogen-bond acceptors (Lipinski definition) is 6. The Morgan fingerprint density at radius 3 is 2.82 bits per heavy atom. The molecule has 176 valence electrons. The van der Waals surface area contributed by atoms with E-state index in [0.29, 0.717) is 49.4 Å². The van der Waals surface area contributed by atoms with E-state index in [1.165, 1.54) is 0 Å². The second kappa shape index (κ2) is 10.2. The molecule has 0 saturated carbocycles. The molecule has 10 heteroatoms. The number of amides is 3. The fourth-order valence-corrected chi connectivity index (χ4v) is 4.54. The number of carbonyl (C=O) groups is 3. The van der Waals surface area contributed by atoms with E-state index in [1.54, 1.807) is 23.1 Å². The summed E-state index contributed by atoms with van der Waals surface area (Å²) in [7, 11) is 0. The van der Waals surface area contributed by atoms with Crippen LogP contribution in [0.1, 0.15) is 47.4 Å². The molecule has 1 aromatic heterocycles. The minimum absolute atomic E-state index is 0.0951. The van der Waals surface area contributed by atoms with Gasteiger partial charge in [0, 0.05) is 49.5 Å². The van der Waals surface area contributed by atoms with Crippen LogP contribution in [0.3, 0.4) is 0 Å². The van der Waals surface area contributed by atoms with Crippen LogP contribution in [0, 0.1) is 6.92 Å². The highest BCUT2D eigenvalue weighted by molar-refractivity contribution is 6.29. The maximum atomic E-state index is 13.2. The fraction of sp³-hybridized carbons (Fsp3) is 0.478. The highest BCUT2D eigenvalue weighted by Crippen LogP contribution is 2.28.